The lowest BCUT2D eigenvalue weighted by atomic mass is 10.1. The van der Waals surface area contributed by atoms with Crippen molar-refractivity contribution < 1.29 is 4.79 Å². The average molecular weight is 241 g/mol. The first-order valence-corrected chi connectivity index (χ1v) is 5.59. The summed E-state index contributed by atoms with van der Waals surface area (Å²) in [6.45, 7) is 1.92. The van der Waals surface area contributed by atoms with Crippen LogP contribution in [0.25, 0.3) is 0 Å². The molecule has 5 N–H and O–H groups in total. The lowest BCUT2D eigenvalue weighted by molar-refractivity contribution is 0.102. The zero-order valence-electron chi connectivity index (χ0n) is 10.1. The molecule has 0 atom stereocenters. The van der Waals surface area contributed by atoms with Gasteiger partial charge in [-0.15, -0.1) is 0 Å². The molecule has 0 saturated carbocycles. The molecular formula is C14H15N3O. The summed E-state index contributed by atoms with van der Waals surface area (Å²) in [6.07, 6.45) is 0. The SMILES string of the molecule is Cc1ccc(N)c(C(=O)Nc2ccc(N)cc2)c1. The van der Waals surface area contributed by atoms with Crippen molar-refractivity contribution in [3.63, 3.8) is 0 Å². The van der Waals surface area contributed by atoms with Gasteiger partial charge >= 0.3 is 0 Å². The van der Waals surface area contributed by atoms with Crippen LogP contribution < -0.4 is 16.8 Å². The molecule has 0 aliphatic carbocycles. The first kappa shape index (κ1) is 12.0. The second-order valence-electron chi connectivity index (χ2n) is 4.17. The highest BCUT2D eigenvalue weighted by molar-refractivity contribution is 6.07. The molecule has 0 fully saturated rings. The highest BCUT2D eigenvalue weighted by Gasteiger charge is 2.09. The first-order valence-electron chi connectivity index (χ1n) is 5.59. The number of carbonyl (C=O) groups excluding carboxylic acids is 1. The highest BCUT2D eigenvalue weighted by Crippen LogP contribution is 2.17. The lowest BCUT2D eigenvalue weighted by Crippen LogP contribution is -2.14. The largest absolute Gasteiger partial charge is 0.399 e. The fourth-order valence-electron chi connectivity index (χ4n) is 1.63. The van der Waals surface area contributed by atoms with E-state index < -0.39 is 0 Å². The Kier molecular flexibility index (Phi) is 3.19. The van der Waals surface area contributed by atoms with E-state index in [2.05, 4.69) is 5.32 Å². The standard InChI is InChI=1S/C14H15N3O/c1-9-2-7-13(16)12(8-9)14(18)17-11-5-3-10(15)4-6-11/h2-8H,15-16H2,1H3,(H,17,18). The van der Waals surface area contributed by atoms with Crippen molar-refractivity contribution in [1.82, 2.24) is 0 Å². The van der Waals surface area contributed by atoms with Crippen LogP contribution in [0.4, 0.5) is 17.1 Å². The monoisotopic (exact) mass is 241 g/mol. The van der Waals surface area contributed by atoms with Gasteiger partial charge in [-0.3, -0.25) is 4.79 Å². The maximum absolute atomic E-state index is 12.0. The quantitative estimate of drug-likeness (QED) is 0.706. The van der Waals surface area contributed by atoms with Gasteiger partial charge in [0.25, 0.3) is 5.91 Å². The van der Waals surface area contributed by atoms with Gasteiger partial charge < -0.3 is 16.8 Å². The van der Waals surface area contributed by atoms with E-state index in [0.29, 0.717) is 22.6 Å². The van der Waals surface area contributed by atoms with E-state index in [1.165, 1.54) is 0 Å². The summed E-state index contributed by atoms with van der Waals surface area (Å²) in [5.74, 6) is -0.221. The molecular weight excluding hydrogens is 226 g/mol. The predicted octanol–water partition coefficient (Wildman–Crippen LogP) is 2.41. The van der Waals surface area contributed by atoms with Crippen LogP contribution in [0, 0.1) is 6.92 Å². The molecule has 0 aliphatic heterocycles. The van der Waals surface area contributed by atoms with Crippen LogP contribution >= 0.6 is 0 Å². The molecule has 0 bridgehead atoms. The van der Waals surface area contributed by atoms with Crippen molar-refractivity contribution in [2.75, 3.05) is 16.8 Å². The molecule has 92 valence electrons. The van der Waals surface area contributed by atoms with Gasteiger partial charge in [-0.2, -0.15) is 0 Å². The molecule has 0 unspecified atom stereocenters. The second-order valence-corrected chi connectivity index (χ2v) is 4.17. The Morgan fingerprint density at radius 3 is 2.39 bits per heavy atom. The molecule has 2 aromatic carbocycles. The van der Waals surface area contributed by atoms with Crippen molar-refractivity contribution >= 4 is 23.0 Å². The predicted molar refractivity (Wildman–Crippen MR) is 74.4 cm³/mol. The molecule has 0 radical (unpaired) electrons. The van der Waals surface area contributed by atoms with E-state index in [0.717, 1.165) is 5.56 Å². The Morgan fingerprint density at radius 1 is 1.06 bits per heavy atom. The number of carbonyl (C=O) groups is 1. The minimum atomic E-state index is -0.221. The first-order chi connectivity index (χ1) is 8.56. The number of nitrogens with two attached hydrogens (primary N) is 2. The van der Waals surface area contributed by atoms with Gasteiger partial charge in [-0.05, 0) is 43.3 Å². The summed E-state index contributed by atoms with van der Waals surface area (Å²) in [7, 11) is 0. The summed E-state index contributed by atoms with van der Waals surface area (Å²) in [5, 5.41) is 2.78. The molecule has 18 heavy (non-hydrogen) atoms. The van der Waals surface area contributed by atoms with Crippen LogP contribution in [-0.4, -0.2) is 5.91 Å². The molecule has 2 rings (SSSR count). The lowest BCUT2D eigenvalue weighted by Gasteiger charge is -2.08. The van der Waals surface area contributed by atoms with Gasteiger partial charge in [0, 0.05) is 17.1 Å². The second kappa shape index (κ2) is 4.79. The maximum atomic E-state index is 12.0. The highest BCUT2D eigenvalue weighted by atomic mass is 16.1. The molecule has 0 saturated heterocycles. The summed E-state index contributed by atoms with van der Waals surface area (Å²) < 4.78 is 0. The normalized spacial score (nSPS) is 10.1. The number of nitrogen functional groups attached to an aromatic ring is 2. The van der Waals surface area contributed by atoms with Crippen molar-refractivity contribution in [1.29, 1.82) is 0 Å². The molecule has 0 spiro atoms. The molecule has 2 aromatic rings. The Balaban J connectivity index is 2.21. The van der Waals surface area contributed by atoms with Gasteiger partial charge in [0.2, 0.25) is 0 Å². The number of benzene rings is 2. The number of amides is 1. The number of aryl methyl sites for hydroxylation is 1. The Hall–Kier alpha value is -2.49. The van der Waals surface area contributed by atoms with E-state index in [1.807, 2.05) is 13.0 Å². The van der Waals surface area contributed by atoms with Crippen LogP contribution in [0.5, 0.6) is 0 Å². The van der Waals surface area contributed by atoms with Gasteiger partial charge in [0.1, 0.15) is 0 Å². The minimum Gasteiger partial charge on any atom is -0.399 e. The van der Waals surface area contributed by atoms with Crippen molar-refractivity contribution in [3.05, 3.63) is 53.6 Å². The average Bonchev–Trinajstić information content (AvgIpc) is 2.35. The summed E-state index contributed by atoms with van der Waals surface area (Å²) in [6, 6.07) is 12.3. The minimum absolute atomic E-state index is 0.221. The van der Waals surface area contributed by atoms with Crippen molar-refractivity contribution in [2.24, 2.45) is 0 Å². The van der Waals surface area contributed by atoms with Gasteiger partial charge in [-0.25, -0.2) is 0 Å². The molecule has 0 aliphatic rings. The smallest absolute Gasteiger partial charge is 0.257 e. The summed E-state index contributed by atoms with van der Waals surface area (Å²) in [4.78, 5) is 12.0. The molecule has 1 amide bonds. The van der Waals surface area contributed by atoms with E-state index in [-0.39, 0.29) is 5.91 Å². The third-order valence-electron chi connectivity index (χ3n) is 2.62. The van der Waals surface area contributed by atoms with Crippen LogP contribution in [0.2, 0.25) is 0 Å². The number of hydrogen-bond donors (Lipinski definition) is 3. The third-order valence-corrected chi connectivity index (χ3v) is 2.62. The zero-order valence-corrected chi connectivity index (χ0v) is 10.1. The molecule has 4 heteroatoms. The molecule has 0 aromatic heterocycles. The number of anilines is 3. The Bertz CT molecular complexity index is 576. The van der Waals surface area contributed by atoms with Crippen molar-refractivity contribution in [3.8, 4) is 0 Å². The van der Waals surface area contributed by atoms with E-state index >= 15 is 0 Å². The fourth-order valence-corrected chi connectivity index (χ4v) is 1.63. The van der Waals surface area contributed by atoms with E-state index in [1.54, 1.807) is 36.4 Å². The van der Waals surface area contributed by atoms with Crippen LogP contribution in [0.15, 0.2) is 42.5 Å². The number of rotatable bonds is 2. The number of hydrogen-bond acceptors (Lipinski definition) is 3. The van der Waals surface area contributed by atoms with Crippen LogP contribution in [0.1, 0.15) is 15.9 Å². The zero-order chi connectivity index (χ0) is 13.1. The van der Waals surface area contributed by atoms with E-state index in [9.17, 15) is 4.79 Å². The van der Waals surface area contributed by atoms with Gasteiger partial charge in [0.15, 0.2) is 0 Å². The number of nitrogens with one attached hydrogen (secondary N) is 1. The molecule has 4 nitrogen and oxygen atoms in total. The Morgan fingerprint density at radius 2 is 1.72 bits per heavy atom. The summed E-state index contributed by atoms with van der Waals surface area (Å²) >= 11 is 0. The molecule has 0 heterocycles. The van der Waals surface area contributed by atoms with Crippen LogP contribution in [0.3, 0.4) is 0 Å². The fraction of sp³-hybridized carbons (Fsp3) is 0.0714. The van der Waals surface area contributed by atoms with Gasteiger partial charge in [-0.1, -0.05) is 11.6 Å². The third kappa shape index (κ3) is 2.60. The van der Waals surface area contributed by atoms with E-state index in [4.69, 9.17) is 11.5 Å². The topological polar surface area (TPSA) is 81.1 Å². The van der Waals surface area contributed by atoms with Gasteiger partial charge in [0.05, 0.1) is 5.56 Å². The van der Waals surface area contributed by atoms with Crippen molar-refractivity contribution in [2.45, 2.75) is 6.92 Å². The maximum Gasteiger partial charge on any atom is 0.257 e. The van der Waals surface area contributed by atoms with Crippen LogP contribution in [-0.2, 0) is 0 Å². The Labute approximate surface area is 106 Å². The summed E-state index contributed by atoms with van der Waals surface area (Å²) in [5.41, 5.74) is 14.6.